The number of benzene rings is 1. The first-order valence-electron chi connectivity index (χ1n) is 6.08. The Balaban J connectivity index is 1.83. The molecule has 0 aliphatic heterocycles. The molecule has 0 unspecified atom stereocenters. The lowest BCUT2D eigenvalue weighted by Gasteiger charge is -2.02. The van der Waals surface area contributed by atoms with E-state index in [1.54, 1.807) is 7.11 Å². The van der Waals surface area contributed by atoms with Crippen LogP contribution in [-0.2, 0) is 17.7 Å². The molecule has 0 fully saturated rings. The number of anilines is 1. The summed E-state index contributed by atoms with van der Waals surface area (Å²) in [7, 11) is 1.68. The van der Waals surface area contributed by atoms with Gasteiger partial charge in [0.2, 0.25) is 5.89 Å². The van der Waals surface area contributed by atoms with Gasteiger partial charge in [-0.25, -0.2) is 0 Å². The lowest BCUT2D eigenvalue weighted by atomic mass is 10.3. The third kappa shape index (κ3) is 4.54. The molecule has 1 aromatic carbocycles. The summed E-state index contributed by atoms with van der Waals surface area (Å²) in [4.78, 5) is 4.29. The Bertz CT molecular complexity index is 516. The molecule has 0 atom stereocenters. The summed E-state index contributed by atoms with van der Waals surface area (Å²) in [6.45, 7) is 1.18. The summed E-state index contributed by atoms with van der Waals surface area (Å²) < 4.78 is 10.1. The molecule has 0 saturated heterocycles. The van der Waals surface area contributed by atoms with E-state index in [2.05, 4.69) is 15.5 Å². The van der Waals surface area contributed by atoms with Gasteiger partial charge in [-0.05, 0) is 24.6 Å². The van der Waals surface area contributed by atoms with Crippen molar-refractivity contribution in [2.45, 2.75) is 19.4 Å². The second kappa shape index (κ2) is 7.11. The van der Waals surface area contributed by atoms with Gasteiger partial charge in [0.25, 0.3) is 0 Å². The third-order valence-electron chi connectivity index (χ3n) is 2.53. The van der Waals surface area contributed by atoms with Crippen molar-refractivity contribution in [3.8, 4) is 0 Å². The number of methoxy groups -OCH3 is 1. The van der Waals surface area contributed by atoms with Crippen LogP contribution in [-0.4, -0.2) is 23.9 Å². The van der Waals surface area contributed by atoms with E-state index in [0.717, 1.165) is 18.5 Å². The Morgan fingerprint density at radius 3 is 3.11 bits per heavy atom. The van der Waals surface area contributed by atoms with E-state index in [9.17, 15) is 0 Å². The molecule has 1 heterocycles. The van der Waals surface area contributed by atoms with Gasteiger partial charge in [-0.1, -0.05) is 22.8 Å². The minimum atomic E-state index is 0.484. The molecule has 5 nitrogen and oxygen atoms in total. The maximum atomic E-state index is 5.90. The second-order valence-electron chi connectivity index (χ2n) is 4.06. The maximum Gasteiger partial charge on any atom is 0.245 e. The Morgan fingerprint density at radius 2 is 2.32 bits per heavy atom. The minimum Gasteiger partial charge on any atom is -0.385 e. The summed E-state index contributed by atoms with van der Waals surface area (Å²) in [6, 6.07) is 7.49. The van der Waals surface area contributed by atoms with Crippen molar-refractivity contribution in [2.24, 2.45) is 0 Å². The smallest absolute Gasteiger partial charge is 0.245 e. The van der Waals surface area contributed by atoms with Gasteiger partial charge in [0.1, 0.15) is 0 Å². The largest absolute Gasteiger partial charge is 0.385 e. The molecule has 0 bridgehead atoms. The zero-order chi connectivity index (χ0) is 13.5. The minimum absolute atomic E-state index is 0.484. The molecule has 2 rings (SSSR count). The highest BCUT2D eigenvalue weighted by molar-refractivity contribution is 6.30. The van der Waals surface area contributed by atoms with E-state index >= 15 is 0 Å². The number of ether oxygens (including phenoxy) is 1. The lowest BCUT2D eigenvalue weighted by molar-refractivity contribution is 0.194. The molecule has 0 spiro atoms. The number of hydrogen-bond donors (Lipinski definition) is 1. The molecule has 19 heavy (non-hydrogen) atoms. The van der Waals surface area contributed by atoms with Crippen LogP contribution >= 0.6 is 11.6 Å². The fourth-order valence-corrected chi connectivity index (χ4v) is 1.80. The van der Waals surface area contributed by atoms with Gasteiger partial charge in [0, 0.05) is 30.8 Å². The average Bonchev–Trinajstić information content (AvgIpc) is 2.85. The quantitative estimate of drug-likeness (QED) is 0.791. The predicted octanol–water partition coefficient (Wildman–Crippen LogP) is 2.91. The van der Waals surface area contributed by atoms with Gasteiger partial charge in [0.15, 0.2) is 5.82 Å². The molecule has 1 aromatic heterocycles. The number of hydrogen-bond acceptors (Lipinski definition) is 5. The first-order valence-corrected chi connectivity index (χ1v) is 6.45. The number of nitrogens with one attached hydrogen (secondary N) is 1. The molecule has 0 aliphatic carbocycles. The Morgan fingerprint density at radius 1 is 1.42 bits per heavy atom. The van der Waals surface area contributed by atoms with Crippen LogP contribution in [0.25, 0.3) is 0 Å². The van der Waals surface area contributed by atoms with Crippen LogP contribution in [0, 0.1) is 0 Å². The number of nitrogens with zero attached hydrogens (tertiary/aromatic N) is 2. The Labute approximate surface area is 116 Å². The van der Waals surface area contributed by atoms with Gasteiger partial charge in [-0.2, -0.15) is 4.98 Å². The second-order valence-corrected chi connectivity index (χ2v) is 4.50. The molecule has 2 aromatic rings. The van der Waals surface area contributed by atoms with E-state index < -0.39 is 0 Å². The highest BCUT2D eigenvalue weighted by atomic mass is 35.5. The number of aryl methyl sites for hydroxylation is 1. The molecular formula is C13H16ClN3O2. The van der Waals surface area contributed by atoms with E-state index in [4.69, 9.17) is 20.9 Å². The van der Waals surface area contributed by atoms with E-state index in [-0.39, 0.29) is 0 Å². The summed E-state index contributed by atoms with van der Waals surface area (Å²) in [6.07, 6.45) is 1.64. The zero-order valence-corrected chi connectivity index (χ0v) is 11.5. The van der Waals surface area contributed by atoms with Crippen LogP contribution in [0.5, 0.6) is 0 Å². The first-order chi connectivity index (χ1) is 9.28. The maximum absolute atomic E-state index is 5.90. The number of aromatic nitrogens is 2. The Kier molecular flexibility index (Phi) is 5.18. The Hall–Kier alpha value is -1.59. The summed E-state index contributed by atoms with van der Waals surface area (Å²) >= 11 is 5.90. The molecular weight excluding hydrogens is 266 g/mol. The average molecular weight is 282 g/mol. The van der Waals surface area contributed by atoms with Crippen LogP contribution in [0.1, 0.15) is 18.1 Å². The number of halogens is 1. The van der Waals surface area contributed by atoms with E-state index in [1.165, 1.54) is 0 Å². The van der Waals surface area contributed by atoms with Gasteiger partial charge in [0.05, 0.1) is 6.54 Å². The van der Waals surface area contributed by atoms with Crippen molar-refractivity contribution in [3.63, 3.8) is 0 Å². The van der Waals surface area contributed by atoms with Crippen molar-refractivity contribution in [3.05, 3.63) is 41.0 Å². The molecule has 0 saturated carbocycles. The van der Waals surface area contributed by atoms with Crippen molar-refractivity contribution >= 4 is 17.3 Å². The molecule has 102 valence electrons. The van der Waals surface area contributed by atoms with Crippen molar-refractivity contribution in [2.75, 3.05) is 19.0 Å². The SMILES string of the molecule is COCCCc1noc(CNc2cccc(Cl)c2)n1. The van der Waals surface area contributed by atoms with Crippen molar-refractivity contribution in [1.29, 1.82) is 0 Å². The third-order valence-corrected chi connectivity index (χ3v) is 2.76. The van der Waals surface area contributed by atoms with Gasteiger partial charge >= 0.3 is 0 Å². The summed E-state index contributed by atoms with van der Waals surface area (Å²) in [5.41, 5.74) is 0.923. The molecule has 6 heteroatoms. The highest BCUT2D eigenvalue weighted by Crippen LogP contribution is 2.15. The van der Waals surface area contributed by atoms with Gasteiger partial charge in [-0.3, -0.25) is 0 Å². The van der Waals surface area contributed by atoms with Crippen LogP contribution < -0.4 is 5.32 Å². The topological polar surface area (TPSA) is 60.2 Å². The van der Waals surface area contributed by atoms with Crippen molar-refractivity contribution < 1.29 is 9.26 Å². The summed E-state index contributed by atoms with van der Waals surface area (Å²) in [5, 5.41) is 7.78. The predicted molar refractivity (Wildman–Crippen MR) is 73.3 cm³/mol. The van der Waals surface area contributed by atoms with Gasteiger partial charge in [-0.15, -0.1) is 0 Å². The van der Waals surface area contributed by atoms with Crippen LogP contribution in [0.4, 0.5) is 5.69 Å². The highest BCUT2D eigenvalue weighted by Gasteiger charge is 2.05. The van der Waals surface area contributed by atoms with E-state index in [0.29, 0.717) is 29.9 Å². The fraction of sp³-hybridized carbons (Fsp3) is 0.385. The molecule has 0 amide bonds. The number of rotatable bonds is 7. The van der Waals surface area contributed by atoms with Crippen LogP contribution in [0.3, 0.4) is 0 Å². The van der Waals surface area contributed by atoms with Crippen LogP contribution in [0.2, 0.25) is 5.02 Å². The van der Waals surface area contributed by atoms with Crippen molar-refractivity contribution in [1.82, 2.24) is 10.1 Å². The zero-order valence-electron chi connectivity index (χ0n) is 10.7. The van der Waals surface area contributed by atoms with Crippen LogP contribution in [0.15, 0.2) is 28.8 Å². The molecule has 1 N–H and O–H groups in total. The van der Waals surface area contributed by atoms with Gasteiger partial charge < -0.3 is 14.6 Å². The molecule has 0 radical (unpaired) electrons. The fourth-order valence-electron chi connectivity index (χ4n) is 1.61. The van der Waals surface area contributed by atoms with E-state index in [1.807, 2.05) is 24.3 Å². The first kappa shape index (κ1) is 13.8. The normalized spacial score (nSPS) is 10.6. The monoisotopic (exact) mass is 281 g/mol. The standard InChI is InChI=1S/C13H16ClN3O2/c1-18-7-3-6-12-16-13(19-17-12)9-15-11-5-2-4-10(14)8-11/h2,4-5,8,15H,3,6-7,9H2,1H3. The molecule has 0 aliphatic rings. The lowest BCUT2D eigenvalue weighted by Crippen LogP contribution is -2.00. The summed E-state index contributed by atoms with van der Waals surface area (Å²) in [5.74, 6) is 1.27.